The Bertz CT molecular complexity index is 1160. The molecule has 7 heteroatoms. The number of thiocarbonyl (C=S) groups is 1. The van der Waals surface area contributed by atoms with Gasteiger partial charge in [-0.1, -0.05) is 31.2 Å². The molecule has 0 bridgehead atoms. The van der Waals surface area contributed by atoms with Crippen LogP contribution in [0, 0.1) is 13.8 Å². The van der Waals surface area contributed by atoms with Crippen molar-refractivity contribution in [2.24, 2.45) is 0 Å². The molecule has 0 unspecified atom stereocenters. The molecule has 3 aromatic rings. The van der Waals surface area contributed by atoms with Gasteiger partial charge in [0.25, 0.3) is 0 Å². The molecule has 0 radical (unpaired) electrons. The number of para-hydroxylation sites is 1. The number of aromatic nitrogens is 2. The summed E-state index contributed by atoms with van der Waals surface area (Å²) in [6, 6.07) is 16.5. The molecule has 2 atom stereocenters. The lowest BCUT2D eigenvalue weighted by molar-refractivity contribution is -0.140. The summed E-state index contributed by atoms with van der Waals surface area (Å²) in [7, 11) is 1.41. The van der Waals surface area contributed by atoms with Crippen LogP contribution in [-0.2, 0) is 16.0 Å². The van der Waals surface area contributed by atoms with Crippen LogP contribution in [0.4, 0.5) is 0 Å². The van der Waals surface area contributed by atoms with E-state index >= 15 is 0 Å². The molecule has 0 amide bonds. The highest BCUT2D eigenvalue weighted by molar-refractivity contribution is 7.80. The van der Waals surface area contributed by atoms with Gasteiger partial charge in [-0.25, -0.2) is 0 Å². The number of hydrogen-bond acceptors (Lipinski definition) is 4. The number of carbonyl (C=O) groups excluding carboxylic acids is 1. The first kappa shape index (κ1) is 23.0. The van der Waals surface area contributed by atoms with Crippen LogP contribution in [0.2, 0.25) is 0 Å². The molecule has 0 saturated carbocycles. The SMILES string of the molecule is CCc1ccccc1-n1c(C)cc([C@@H]2[C@@H](c3ccccn3)NC(=S)N2CCC(=O)OC)c1C. The lowest BCUT2D eigenvalue weighted by Crippen LogP contribution is -2.32. The van der Waals surface area contributed by atoms with Gasteiger partial charge in [-0.15, -0.1) is 0 Å². The van der Waals surface area contributed by atoms with Crippen molar-refractivity contribution in [1.82, 2.24) is 19.8 Å². The van der Waals surface area contributed by atoms with Crippen molar-refractivity contribution in [3.05, 3.63) is 82.9 Å². The molecule has 1 fully saturated rings. The summed E-state index contributed by atoms with van der Waals surface area (Å²) in [5, 5.41) is 4.09. The minimum atomic E-state index is -0.250. The smallest absolute Gasteiger partial charge is 0.307 e. The van der Waals surface area contributed by atoms with E-state index in [0.717, 1.165) is 23.5 Å². The predicted molar refractivity (Wildman–Crippen MR) is 133 cm³/mol. The summed E-state index contributed by atoms with van der Waals surface area (Å²) in [4.78, 5) is 18.6. The maximum absolute atomic E-state index is 11.9. The second-order valence-electron chi connectivity index (χ2n) is 8.29. The van der Waals surface area contributed by atoms with Gasteiger partial charge in [-0.05, 0) is 67.9 Å². The third-order valence-corrected chi connectivity index (χ3v) is 6.74. The highest BCUT2D eigenvalue weighted by atomic mass is 32.1. The molecule has 172 valence electrons. The molecule has 0 spiro atoms. The number of nitrogens with zero attached hydrogens (tertiary/aromatic N) is 3. The Morgan fingerprint density at radius 3 is 2.64 bits per heavy atom. The second-order valence-corrected chi connectivity index (χ2v) is 8.68. The van der Waals surface area contributed by atoms with Gasteiger partial charge in [0, 0.05) is 29.8 Å². The van der Waals surface area contributed by atoms with Crippen molar-refractivity contribution in [2.45, 2.75) is 45.7 Å². The summed E-state index contributed by atoms with van der Waals surface area (Å²) in [5.74, 6) is -0.250. The zero-order valence-corrected chi connectivity index (χ0v) is 20.4. The number of methoxy groups -OCH3 is 1. The number of pyridine rings is 1. The van der Waals surface area contributed by atoms with Crippen molar-refractivity contribution < 1.29 is 9.53 Å². The van der Waals surface area contributed by atoms with Crippen LogP contribution in [-0.4, -0.2) is 39.2 Å². The maximum atomic E-state index is 11.9. The van der Waals surface area contributed by atoms with Crippen LogP contribution in [0.25, 0.3) is 5.69 Å². The van der Waals surface area contributed by atoms with Gasteiger partial charge in [0.1, 0.15) is 0 Å². The van der Waals surface area contributed by atoms with Crippen LogP contribution < -0.4 is 5.32 Å². The molecule has 1 aliphatic heterocycles. The Morgan fingerprint density at radius 2 is 1.94 bits per heavy atom. The van der Waals surface area contributed by atoms with Crippen LogP contribution >= 0.6 is 12.2 Å². The molecule has 2 aromatic heterocycles. The number of benzene rings is 1. The first-order chi connectivity index (χ1) is 16.0. The minimum Gasteiger partial charge on any atom is -0.469 e. The zero-order chi connectivity index (χ0) is 23.5. The Balaban J connectivity index is 1.81. The average molecular weight is 463 g/mol. The van der Waals surface area contributed by atoms with Crippen LogP contribution in [0.15, 0.2) is 54.7 Å². The lowest BCUT2D eigenvalue weighted by Gasteiger charge is -2.28. The average Bonchev–Trinajstić information content (AvgIpc) is 3.32. The van der Waals surface area contributed by atoms with Crippen molar-refractivity contribution in [2.75, 3.05) is 13.7 Å². The van der Waals surface area contributed by atoms with Crippen LogP contribution in [0.3, 0.4) is 0 Å². The molecular weight excluding hydrogens is 432 g/mol. The Labute approximate surface area is 200 Å². The third kappa shape index (κ3) is 4.37. The topological polar surface area (TPSA) is 59.4 Å². The van der Waals surface area contributed by atoms with Crippen molar-refractivity contribution in [1.29, 1.82) is 0 Å². The van der Waals surface area contributed by atoms with Crippen LogP contribution in [0.5, 0.6) is 0 Å². The van der Waals surface area contributed by atoms with Crippen LogP contribution in [0.1, 0.15) is 53.6 Å². The number of ether oxygens (including phenoxy) is 1. The summed E-state index contributed by atoms with van der Waals surface area (Å²) in [6.45, 7) is 6.95. The molecule has 33 heavy (non-hydrogen) atoms. The molecule has 1 N–H and O–H groups in total. The minimum absolute atomic E-state index is 0.0919. The largest absolute Gasteiger partial charge is 0.469 e. The zero-order valence-electron chi connectivity index (χ0n) is 19.5. The fourth-order valence-corrected chi connectivity index (χ4v) is 5.12. The predicted octanol–water partition coefficient (Wildman–Crippen LogP) is 4.59. The Hall–Kier alpha value is -3.19. The van der Waals surface area contributed by atoms with Gasteiger partial charge in [0.15, 0.2) is 5.11 Å². The number of rotatable bonds is 7. The Morgan fingerprint density at radius 1 is 1.18 bits per heavy atom. The summed E-state index contributed by atoms with van der Waals surface area (Å²) in [6.07, 6.45) is 3.02. The fraction of sp³-hybridized carbons (Fsp3) is 0.346. The van der Waals surface area contributed by atoms with Crippen molar-refractivity contribution >= 4 is 23.3 Å². The van der Waals surface area contributed by atoms with E-state index < -0.39 is 0 Å². The van der Waals surface area contributed by atoms with Gasteiger partial charge in [0.05, 0.1) is 31.3 Å². The molecule has 3 heterocycles. The first-order valence-corrected chi connectivity index (χ1v) is 11.7. The highest BCUT2D eigenvalue weighted by Crippen LogP contribution is 2.41. The monoisotopic (exact) mass is 462 g/mol. The summed E-state index contributed by atoms with van der Waals surface area (Å²) in [5.41, 5.74) is 6.92. The van der Waals surface area contributed by atoms with Gasteiger partial charge >= 0.3 is 5.97 Å². The fourth-order valence-electron chi connectivity index (χ4n) is 4.78. The first-order valence-electron chi connectivity index (χ1n) is 11.3. The summed E-state index contributed by atoms with van der Waals surface area (Å²) < 4.78 is 7.21. The normalized spacial score (nSPS) is 17.8. The number of esters is 1. The van der Waals surface area contributed by atoms with Crippen molar-refractivity contribution in [3.63, 3.8) is 0 Å². The third-order valence-electron chi connectivity index (χ3n) is 6.38. The quantitative estimate of drug-likeness (QED) is 0.410. The number of carbonyl (C=O) groups is 1. The van der Waals surface area contributed by atoms with E-state index in [1.54, 1.807) is 6.20 Å². The molecule has 1 aromatic carbocycles. The Kier molecular flexibility index (Phi) is 6.79. The molecular formula is C26H30N4O2S. The van der Waals surface area contributed by atoms with Gasteiger partial charge in [-0.3, -0.25) is 9.78 Å². The standard InChI is InChI=1S/C26H30N4O2S/c1-5-19-10-6-7-12-22(19)30-17(2)16-20(18(30)3)25-24(21-11-8-9-14-27-21)28-26(33)29(25)15-13-23(31)32-4/h6-12,14,16,24-25H,5,13,15H2,1-4H3,(H,28,33)/t24-,25-/m1/s1. The van der Waals surface area contributed by atoms with E-state index in [2.05, 4.69) is 70.9 Å². The van der Waals surface area contributed by atoms with E-state index in [4.69, 9.17) is 17.0 Å². The highest BCUT2D eigenvalue weighted by Gasteiger charge is 2.41. The molecule has 6 nitrogen and oxygen atoms in total. The van der Waals surface area contributed by atoms with E-state index in [1.165, 1.54) is 23.9 Å². The van der Waals surface area contributed by atoms with E-state index in [0.29, 0.717) is 11.7 Å². The van der Waals surface area contributed by atoms with Gasteiger partial charge < -0.3 is 19.5 Å². The summed E-state index contributed by atoms with van der Waals surface area (Å²) >= 11 is 5.73. The lowest BCUT2D eigenvalue weighted by atomic mass is 9.96. The number of nitrogens with one attached hydrogen (secondary N) is 1. The molecule has 4 rings (SSSR count). The van der Waals surface area contributed by atoms with Gasteiger partial charge in [0.2, 0.25) is 0 Å². The van der Waals surface area contributed by atoms with Gasteiger partial charge in [-0.2, -0.15) is 0 Å². The molecule has 0 aliphatic carbocycles. The maximum Gasteiger partial charge on any atom is 0.307 e. The molecule has 1 aliphatic rings. The number of aryl methyl sites for hydroxylation is 2. The van der Waals surface area contributed by atoms with E-state index in [-0.39, 0.29) is 24.5 Å². The van der Waals surface area contributed by atoms with E-state index in [1.807, 2.05) is 18.2 Å². The van der Waals surface area contributed by atoms with E-state index in [9.17, 15) is 4.79 Å². The molecule has 1 saturated heterocycles. The number of hydrogen-bond donors (Lipinski definition) is 1. The van der Waals surface area contributed by atoms with Crippen molar-refractivity contribution in [3.8, 4) is 5.69 Å². The second kappa shape index (κ2) is 9.75.